The second-order valence-corrected chi connectivity index (χ2v) is 15.7. The first-order valence-corrected chi connectivity index (χ1v) is 15.4. The van der Waals surface area contributed by atoms with Crippen LogP contribution in [0.3, 0.4) is 0 Å². The van der Waals surface area contributed by atoms with Crippen molar-refractivity contribution in [3.8, 4) is 0 Å². The van der Waals surface area contributed by atoms with E-state index in [1.54, 1.807) is 0 Å². The minimum absolute atomic E-state index is 0.00152. The van der Waals surface area contributed by atoms with Crippen molar-refractivity contribution in [2.24, 2.45) is 0 Å². The summed E-state index contributed by atoms with van der Waals surface area (Å²) >= 11 is 0. The summed E-state index contributed by atoms with van der Waals surface area (Å²) in [5.41, 5.74) is 4.57. The fourth-order valence-corrected chi connectivity index (χ4v) is 5.16. The average Bonchev–Trinajstić information content (AvgIpc) is 2.81. The van der Waals surface area contributed by atoms with Crippen LogP contribution in [0.1, 0.15) is 34.1 Å². The molecule has 0 saturated carbocycles. The molecule has 2 N–H and O–H groups in total. The first-order chi connectivity index (χ1) is 16.8. The van der Waals surface area contributed by atoms with Crippen LogP contribution in [0.5, 0.6) is 0 Å². The number of alkyl halides is 1. The van der Waals surface area contributed by atoms with Gasteiger partial charge in [0.1, 0.15) is 12.8 Å². The van der Waals surface area contributed by atoms with Crippen LogP contribution in [0.4, 0.5) is 4.39 Å². The van der Waals surface area contributed by atoms with Gasteiger partial charge < -0.3 is 24.7 Å². The summed E-state index contributed by atoms with van der Waals surface area (Å²) in [4.78, 5) is 12.8. The van der Waals surface area contributed by atoms with Crippen molar-refractivity contribution in [3.05, 3.63) is 71.3 Å². The first-order valence-electron chi connectivity index (χ1n) is 12.5. The molecule has 1 heterocycles. The van der Waals surface area contributed by atoms with Crippen LogP contribution < -0.4 is 10.6 Å². The van der Waals surface area contributed by atoms with Crippen LogP contribution in [0.25, 0.3) is 0 Å². The molecule has 2 aliphatic rings. The number of nitrogens with zero attached hydrogens (tertiary/aromatic N) is 1. The summed E-state index contributed by atoms with van der Waals surface area (Å²) in [5, 5.41) is 6.13. The van der Waals surface area contributed by atoms with Crippen molar-refractivity contribution in [2.75, 3.05) is 27.4 Å². The Morgan fingerprint density at radius 2 is 2.06 bits per heavy atom. The van der Waals surface area contributed by atoms with Gasteiger partial charge in [0.25, 0.3) is 0 Å². The number of hydrogen-bond acceptors (Lipinski definition) is 5. The molecule has 0 bridgehead atoms. The molecule has 36 heavy (non-hydrogen) atoms. The van der Waals surface area contributed by atoms with Crippen molar-refractivity contribution in [3.63, 3.8) is 0 Å². The summed E-state index contributed by atoms with van der Waals surface area (Å²) in [6.07, 6.45) is 12.5. The van der Waals surface area contributed by atoms with Gasteiger partial charge in [0.2, 0.25) is 6.41 Å². The quantitative estimate of drug-likeness (QED) is 0.294. The highest BCUT2D eigenvalue weighted by atomic mass is 28.4. The van der Waals surface area contributed by atoms with Gasteiger partial charge in [-0.2, -0.15) is 0 Å². The third kappa shape index (κ3) is 7.79. The molecule has 1 aliphatic heterocycles. The number of likely N-dealkylation sites (N-methyl/N-ethyl adjacent to an activating group) is 1. The maximum atomic E-state index is 13.9. The van der Waals surface area contributed by atoms with E-state index in [1.165, 1.54) is 0 Å². The van der Waals surface area contributed by atoms with Crippen LogP contribution in [0, 0.1) is 0 Å². The van der Waals surface area contributed by atoms with Gasteiger partial charge in [-0.3, -0.25) is 4.79 Å². The summed E-state index contributed by atoms with van der Waals surface area (Å²) in [5.74, 6) is 0. The molecule has 8 heteroatoms. The first kappa shape index (κ1) is 29.8. The number of nitrogens with one attached hydrogen (secondary N) is 2. The van der Waals surface area contributed by atoms with E-state index in [2.05, 4.69) is 69.3 Å². The van der Waals surface area contributed by atoms with Gasteiger partial charge in [0.05, 0.1) is 18.8 Å². The summed E-state index contributed by atoms with van der Waals surface area (Å²) < 4.78 is 26.5. The molecule has 0 saturated heterocycles. The van der Waals surface area contributed by atoms with E-state index < -0.39 is 21.1 Å². The number of allylic oxidation sites excluding steroid dienone is 5. The zero-order valence-corrected chi connectivity index (χ0v) is 24.2. The monoisotopic (exact) mass is 517 g/mol. The molecule has 1 amide bonds. The minimum atomic E-state index is -2.11. The third-order valence-corrected chi connectivity index (χ3v) is 11.6. The number of carbonyl (C=O) groups excluding carboxylic acids is 1. The van der Waals surface area contributed by atoms with Gasteiger partial charge in [-0.25, -0.2) is 4.39 Å². The molecule has 0 aromatic rings. The maximum Gasteiger partial charge on any atom is 0.211 e. The predicted molar refractivity (Wildman–Crippen MR) is 148 cm³/mol. The summed E-state index contributed by atoms with van der Waals surface area (Å²) in [6.45, 7) is 16.4. The fourth-order valence-electron chi connectivity index (χ4n) is 3.84. The zero-order valence-electron chi connectivity index (χ0n) is 23.2. The van der Waals surface area contributed by atoms with Gasteiger partial charge >= 0.3 is 0 Å². The molecule has 2 unspecified atom stereocenters. The topological polar surface area (TPSA) is 62.8 Å². The molecular weight excluding hydrogens is 473 g/mol. The van der Waals surface area contributed by atoms with Gasteiger partial charge in [-0.05, 0) is 48.4 Å². The molecule has 3 atom stereocenters. The predicted octanol–water partition coefficient (Wildman–Crippen LogP) is 5.13. The van der Waals surface area contributed by atoms with Gasteiger partial charge in [0, 0.05) is 37.6 Å². The zero-order chi connectivity index (χ0) is 27.1. The third-order valence-electron chi connectivity index (χ3n) is 7.05. The van der Waals surface area contributed by atoms with Gasteiger partial charge in [-0.15, -0.1) is 0 Å². The van der Waals surface area contributed by atoms with E-state index in [4.69, 9.17) is 9.16 Å². The average molecular weight is 518 g/mol. The Morgan fingerprint density at radius 3 is 2.58 bits per heavy atom. The number of rotatable bonds is 11. The smallest absolute Gasteiger partial charge is 0.211 e. The van der Waals surface area contributed by atoms with E-state index in [1.807, 2.05) is 44.1 Å². The molecule has 0 aromatic carbocycles. The molecule has 2 rings (SSSR count). The molecule has 0 radical (unpaired) electrons. The standard InChI is InChI=1S/C28H44FN3O3Si/c1-10-23(30-19-33)15-21-11-13-25(31-20(21)2)22-12-14-26(32(6)7)27(16-22)34-18-24(17-29)35-36(8,9)28(3,4)5/h10-15,19,24-25,27,31H,2,16-18H2,1,3-9H3,(H,30,33)/b21-15-,23-10+/t24?,25?,27-/m1/s1. The Kier molecular flexibility index (Phi) is 10.5. The van der Waals surface area contributed by atoms with Crippen LogP contribution in [-0.4, -0.2) is 65.3 Å². The van der Waals surface area contributed by atoms with Crippen molar-refractivity contribution >= 4 is 14.7 Å². The summed E-state index contributed by atoms with van der Waals surface area (Å²) in [6, 6.07) is -0.0331. The van der Waals surface area contributed by atoms with Crippen molar-refractivity contribution < 1.29 is 18.3 Å². The molecule has 1 aliphatic carbocycles. The molecule has 0 fully saturated rings. The molecule has 0 spiro atoms. The lowest BCUT2D eigenvalue weighted by atomic mass is 9.90. The largest absolute Gasteiger partial charge is 0.409 e. The number of hydrogen-bond donors (Lipinski definition) is 2. The van der Waals surface area contributed by atoms with Crippen LogP contribution in [0.15, 0.2) is 71.3 Å². The van der Waals surface area contributed by atoms with Crippen molar-refractivity contribution in [2.45, 2.75) is 70.5 Å². The number of halogens is 1. The Labute approximate surface area is 217 Å². The molecule has 6 nitrogen and oxygen atoms in total. The van der Waals surface area contributed by atoms with Crippen molar-refractivity contribution in [1.29, 1.82) is 0 Å². The minimum Gasteiger partial charge on any atom is -0.409 e. The van der Waals surface area contributed by atoms with Gasteiger partial charge in [0.15, 0.2) is 8.32 Å². The van der Waals surface area contributed by atoms with E-state index in [-0.39, 0.29) is 23.8 Å². The highest BCUT2D eigenvalue weighted by molar-refractivity contribution is 6.74. The second kappa shape index (κ2) is 12.7. The Hall–Kier alpha value is -2.42. The number of amides is 1. The molecule has 200 valence electrons. The fraction of sp³-hybridized carbons (Fsp3) is 0.536. The van der Waals surface area contributed by atoms with E-state index in [0.29, 0.717) is 18.5 Å². The van der Waals surface area contributed by atoms with Crippen LogP contribution in [-0.2, 0) is 14.0 Å². The van der Waals surface area contributed by atoms with E-state index in [9.17, 15) is 9.18 Å². The lowest BCUT2D eigenvalue weighted by molar-refractivity contribution is -0.108. The van der Waals surface area contributed by atoms with Crippen LogP contribution >= 0.6 is 0 Å². The highest BCUT2D eigenvalue weighted by Gasteiger charge is 2.39. The van der Waals surface area contributed by atoms with E-state index >= 15 is 0 Å². The second-order valence-electron chi connectivity index (χ2n) is 11.0. The highest BCUT2D eigenvalue weighted by Crippen LogP contribution is 2.37. The lowest BCUT2D eigenvalue weighted by Crippen LogP contribution is -2.46. The number of ether oxygens (including phenoxy) is 1. The van der Waals surface area contributed by atoms with E-state index in [0.717, 1.165) is 22.5 Å². The molecular formula is C28H44FN3O3Si. The van der Waals surface area contributed by atoms with Gasteiger partial charge in [-0.1, -0.05) is 51.7 Å². The summed E-state index contributed by atoms with van der Waals surface area (Å²) in [7, 11) is 1.87. The number of carbonyl (C=O) groups is 1. The SMILES string of the molecule is C=C1NC(C2=CC=C(N(C)C)[C@H](OCC(CF)O[Si](C)(C)C(C)(C)C)C2)C=C/C1=C/C(=C\C)NC=O. The molecule has 0 aromatic heterocycles. The maximum absolute atomic E-state index is 13.9. The Morgan fingerprint density at radius 1 is 1.36 bits per heavy atom. The lowest BCUT2D eigenvalue weighted by Gasteiger charge is -2.39. The Balaban J connectivity index is 2.14. The normalized spacial score (nSPS) is 23.1. The van der Waals surface area contributed by atoms with Crippen LogP contribution in [0.2, 0.25) is 18.1 Å². The Bertz CT molecular complexity index is 958. The van der Waals surface area contributed by atoms with Crippen molar-refractivity contribution in [1.82, 2.24) is 15.5 Å².